The minimum Gasteiger partial charge on any atom is -0.211 e. The van der Waals surface area contributed by atoms with Gasteiger partial charge in [0.15, 0.2) is 0 Å². The number of anilines is 2. The lowest BCUT2D eigenvalue weighted by Crippen LogP contribution is -2.50. The van der Waals surface area contributed by atoms with Crippen molar-refractivity contribution >= 4 is 34.9 Å². The lowest BCUT2D eigenvalue weighted by atomic mass is 10.2. The maximum Gasteiger partial charge on any atom is 0.240 e. The molecule has 0 bridgehead atoms. The summed E-state index contributed by atoms with van der Waals surface area (Å²) < 4.78 is 0. The summed E-state index contributed by atoms with van der Waals surface area (Å²) in [5, 5.41) is 2.32. The van der Waals surface area contributed by atoms with E-state index in [-0.39, 0.29) is 0 Å². The van der Waals surface area contributed by atoms with Crippen molar-refractivity contribution in [1.82, 2.24) is 0 Å². The van der Waals surface area contributed by atoms with Gasteiger partial charge in [0.1, 0.15) is 11.4 Å². The Hall–Kier alpha value is -3.28. The fourth-order valence-corrected chi connectivity index (χ4v) is 2.09. The van der Waals surface area contributed by atoms with Gasteiger partial charge in [-0.15, -0.1) is 0 Å². The number of benzene rings is 2. The monoisotopic (exact) mass is 324 g/mol. The van der Waals surface area contributed by atoms with Crippen LogP contribution in [0.25, 0.3) is 0 Å². The zero-order valence-corrected chi connectivity index (χ0v) is 12.9. The second-order valence-electron chi connectivity index (χ2n) is 5.03. The van der Waals surface area contributed by atoms with Crippen molar-refractivity contribution in [3.8, 4) is 0 Å². The molecule has 8 heteroatoms. The standard InChI is InChI=1S/C16H12N4O4/c1-11-3-5-13(7-15(11)17-9-21)19-23-20(24-19)14-6-4-12(2)16(8-14)18-10-22/h3-8H,1-2H3. The van der Waals surface area contributed by atoms with Gasteiger partial charge >= 0.3 is 0 Å². The van der Waals surface area contributed by atoms with Gasteiger partial charge in [-0.25, -0.2) is 9.59 Å². The lowest BCUT2D eigenvalue weighted by molar-refractivity contribution is -0.305. The number of aliphatic imine (C=N–C) groups is 2. The summed E-state index contributed by atoms with van der Waals surface area (Å²) in [6.07, 6.45) is 3.02. The molecule has 1 fully saturated rings. The zero-order valence-electron chi connectivity index (χ0n) is 12.9. The lowest BCUT2D eigenvalue weighted by Gasteiger charge is -2.38. The normalized spacial score (nSPS) is 12.9. The average Bonchev–Trinajstić information content (AvgIpc) is 2.52. The molecule has 3 rings (SSSR count). The first-order valence-electron chi connectivity index (χ1n) is 6.96. The molecule has 0 unspecified atom stereocenters. The Kier molecular flexibility index (Phi) is 4.20. The highest BCUT2D eigenvalue weighted by molar-refractivity contribution is 5.63. The highest BCUT2D eigenvalue weighted by Crippen LogP contribution is 2.34. The van der Waals surface area contributed by atoms with Gasteiger partial charge in [0, 0.05) is 0 Å². The molecular formula is C16H12N4O4. The Morgan fingerprint density at radius 3 is 1.58 bits per heavy atom. The van der Waals surface area contributed by atoms with Crippen LogP contribution >= 0.6 is 0 Å². The summed E-state index contributed by atoms with van der Waals surface area (Å²) in [5.41, 5.74) is 3.73. The molecule has 1 aliphatic rings. The van der Waals surface area contributed by atoms with Gasteiger partial charge in [0.2, 0.25) is 12.2 Å². The van der Waals surface area contributed by atoms with E-state index in [1.807, 2.05) is 13.8 Å². The molecule has 2 aromatic carbocycles. The van der Waals surface area contributed by atoms with Gasteiger partial charge in [0.25, 0.3) is 0 Å². The van der Waals surface area contributed by atoms with Crippen LogP contribution in [0.15, 0.2) is 46.4 Å². The van der Waals surface area contributed by atoms with E-state index >= 15 is 0 Å². The third-order valence-corrected chi connectivity index (χ3v) is 3.44. The summed E-state index contributed by atoms with van der Waals surface area (Å²) in [6, 6.07) is 10.3. The van der Waals surface area contributed by atoms with Crippen molar-refractivity contribution in [2.24, 2.45) is 9.98 Å². The second kappa shape index (κ2) is 6.45. The average molecular weight is 324 g/mol. The Labute approximate surface area is 137 Å². The van der Waals surface area contributed by atoms with Crippen LogP contribution in [0.2, 0.25) is 0 Å². The zero-order chi connectivity index (χ0) is 17.1. The van der Waals surface area contributed by atoms with Gasteiger partial charge < -0.3 is 0 Å². The van der Waals surface area contributed by atoms with Crippen molar-refractivity contribution in [3.63, 3.8) is 0 Å². The number of carbonyl (C=O) groups excluding carboxylic acids is 2. The molecule has 1 aliphatic heterocycles. The van der Waals surface area contributed by atoms with Crippen LogP contribution in [-0.2, 0) is 19.5 Å². The largest absolute Gasteiger partial charge is 0.240 e. The van der Waals surface area contributed by atoms with Crippen molar-refractivity contribution in [3.05, 3.63) is 47.5 Å². The molecule has 1 saturated heterocycles. The van der Waals surface area contributed by atoms with Crippen LogP contribution in [0.4, 0.5) is 22.7 Å². The highest BCUT2D eigenvalue weighted by atomic mass is 17.3. The molecular weight excluding hydrogens is 312 g/mol. The van der Waals surface area contributed by atoms with Crippen LogP contribution in [0.3, 0.4) is 0 Å². The topological polar surface area (TPSA) is 83.8 Å². The predicted molar refractivity (Wildman–Crippen MR) is 85.0 cm³/mol. The number of nitrogens with zero attached hydrogens (tertiary/aromatic N) is 4. The van der Waals surface area contributed by atoms with Crippen LogP contribution in [0.5, 0.6) is 0 Å². The molecule has 0 spiro atoms. The van der Waals surface area contributed by atoms with Crippen molar-refractivity contribution in [2.45, 2.75) is 13.8 Å². The predicted octanol–water partition coefficient (Wildman–Crippen LogP) is 3.26. The van der Waals surface area contributed by atoms with Crippen LogP contribution in [0, 0.1) is 13.8 Å². The van der Waals surface area contributed by atoms with Crippen molar-refractivity contribution in [1.29, 1.82) is 0 Å². The first-order valence-corrected chi connectivity index (χ1v) is 6.96. The summed E-state index contributed by atoms with van der Waals surface area (Å²) >= 11 is 0. The molecule has 0 aromatic heterocycles. The van der Waals surface area contributed by atoms with E-state index in [1.165, 1.54) is 12.2 Å². The molecule has 120 valence electrons. The molecule has 0 N–H and O–H groups in total. The van der Waals surface area contributed by atoms with Crippen LogP contribution < -0.4 is 10.5 Å². The smallest absolute Gasteiger partial charge is 0.211 e. The van der Waals surface area contributed by atoms with E-state index in [0.717, 1.165) is 21.6 Å². The van der Waals surface area contributed by atoms with Gasteiger partial charge in [-0.1, -0.05) is 32.5 Å². The number of rotatable bonds is 4. The van der Waals surface area contributed by atoms with Crippen molar-refractivity contribution < 1.29 is 19.5 Å². The van der Waals surface area contributed by atoms with E-state index in [0.29, 0.717) is 22.7 Å². The molecule has 0 saturated carbocycles. The van der Waals surface area contributed by atoms with Crippen molar-refractivity contribution in [2.75, 3.05) is 10.5 Å². The Morgan fingerprint density at radius 2 is 1.21 bits per heavy atom. The fourth-order valence-electron chi connectivity index (χ4n) is 2.09. The van der Waals surface area contributed by atoms with E-state index in [2.05, 4.69) is 9.98 Å². The fraction of sp³-hybridized carbons (Fsp3) is 0.125. The molecule has 0 amide bonds. The minimum atomic E-state index is 0.478. The number of aryl methyl sites for hydroxylation is 2. The van der Waals surface area contributed by atoms with E-state index in [1.54, 1.807) is 36.4 Å². The quantitative estimate of drug-likeness (QED) is 0.634. The highest BCUT2D eigenvalue weighted by Gasteiger charge is 2.30. The molecule has 0 atom stereocenters. The van der Waals surface area contributed by atoms with Gasteiger partial charge in [0.05, 0.1) is 11.4 Å². The summed E-state index contributed by atoms with van der Waals surface area (Å²) in [4.78, 5) is 38.9. The summed E-state index contributed by atoms with van der Waals surface area (Å²) in [6.45, 7) is 3.65. The van der Waals surface area contributed by atoms with Gasteiger partial charge in [-0.05, 0) is 49.2 Å². The number of hydrogen-bond donors (Lipinski definition) is 0. The Bertz CT molecular complexity index is 808. The maximum atomic E-state index is 10.4. The third kappa shape index (κ3) is 2.94. The molecule has 24 heavy (non-hydrogen) atoms. The van der Waals surface area contributed by atoms with E-state index in [4.69, 9.17) is 9.88 Å². The molecule has 1 heterocycles. The first kappa shape index (κ1) is 15.6. The summed E-state index contributed by atoms with van der Waals surface area (Å²) in [7, 11) is 0. The number of isocyanates is 2. The Morgan fingerprint density at radius 1 is 0.792 bits per heavy atom. The minimum absolute atomic E-state index is 0.478. The van der Waals surface area contributed by atoms with Crippen LogP contribution in [-0.4, -0.2) is 12.2 Å². The SMILES string of the molecule is Cc1ccc(N2ON(c3ccc(C)c(N=C=O)c3)O2)cc1N=C=O. The molecule has 8 nitrogen and oxygen atoms in total. The third-order valence-electron chi connectivity index (χ3n) is 3.44. The van der Waals surface area contributed by atoms with Gasteiger partial charge in [-0.3, -0.25) is 0 Å². The Balaban J connectivity index is 1.76. The van der Waals surface area contributed by atoms with E-state index < -0.39 is 0 Å². The van der Waals surface area contributed by atoms with E-state index in [9.17, 15) is 9.59 Å². The van der Waals surface area contributed by atoms with Gasteiger partial charge in [-0.2, -0.15) is 9.98 Å². The first-order chi connectivity index (χ1) is 11.6. The molecule has 0 aliphatic carbocycles. The summed E-state index contributed by atoms with van der Waals surface area (Å²) in [5.74, 6) is 0. The second-order valence-corrected chi connectivity index (χ2v) is 5.03. The van der Waals surface area contributed by atoms with Crippen LogP contribution in [0.1, 0.15) is 11.1 Å². The number of hydrogen-bond acceptors (Lipinski definition) is 8. The molecule has 2 aromatic rings. The molecule has 0 radical (unpaired) electrons. The maximum absolute atomic E-state index is 10.4.